The molecule has 3 rings (SSSR count). The minimum Gasteiger partial charge on any atom is -0.464 e. The second-order valence-corrected chi connectivity index (χ2v) is 6.88. The molecule has 32 heavy (non-hydrogen) atoms. The highest BCUT2D eigenvalue weighted by molar-refractivity contribution is 6.13. The molecule has 0 aromatic heterocycles. The number of rotatable bonds is 8. The first-order valence-corrected chi connectivity index (χ1v) is 10.1. The fourth-order valence-electron chi connectivity index (χ4n) is 3.18. The van der Waals surface area contributed by atoms with Crippen LogP contribution in [0.3, 0.4) is 0 Å². The van der Waals surface area contributed by atoms with Crippen LogP contribution in [0.1, 0.15) is 23.6 Å². The van der Waals surface area contributed by atoms with E-state index in [9.17, 15) is 18.0 Å². The first-order valence-electron chi connectivity index (χ1n) is 10.1. The van der Waals surface area contributed by atoms with Gasteiger partial charge in [0, 0.05) is 17.5 Å². The summed E-state index contributed by atoms with van der Waals surface area (Å²) in [6.07, 6.45) is -4.75. The summed E-state index contributed by atoms with van der Waals surface area (Å²) in [7, 11) is 0. The van der Waals surface area contributed by atoms with E-state index in [1.54, 1.807) is 13.0 Å². The number of carbonyl (C=O) groups excluding carboxylic acids is 1. The number of aliphatic imine (C=N–C) groups is 1. The summed E-state index contributed by atoms with van der Waals surface area (Å²) in [6, 6.07) is 23.3. The average molecular weight is 441 g/mol. The summed E-state index contributed by atoms with van der Waals surface area (Å²) in [4.78, 5) is 17.4. The number of esters is 1. The molecule has 0 fully saturated rings. The van der Waals surface area contributed by atoms with Gasteiger partial charge in [-0.15, -0.1) is 13.2 Å². The van der Waals surface area contributed by atoms with Gasteiger partial charge in [0.25, 0.3) is 0 Å². The largest absolute Gasteiger partial charge is 0.573 e. The van der Waals surface area contributed by atoms with Crippen LogP contribution in [0.5, 0.6) is 5.75 Å². The Kier molecular flexibility index (Phi) is 7.65. The van der Waals surface area contributed by atoms with Crippen LogP contribution in [0.4, 0.5) is 13.2 Å². The van der Waals surface area contributed by atoms with Crippen molar-refractivity contribution in [2.75, 3.05) is 6.61 Å². The van der Waals surface area contributed by atoms with E-state index in [1.807, 2.05) is 60.7 Å². The molecule has 0 spiro atoms. The monoisotopic (exact) mass is 441 g/mol. The standard InChI is InChI=1S/C25H22F3NO3/c1-2-31-24(30)22(17-18-10-9-15-21(16-18)32-25(26,27)28)29-23(19-11-5-3-6-12-19)20-13-7-4-8-14-20/h3-16,22H,2,17H2,1H3/t22-/m0/s1. The molecule has 0 saturated heterocycles. The number of nitrogens with zero attached hydrogens (tertiary/aromatic N) is 1. The van der Waals surface area contributed by atoms with Crippen molar-refractivity contribution in [3.05, 3.63) is 102 Å². The Balaban J connectivity index is 2.00. The van der Waals surface area contributed by atoms with E-state index in [1.165, 1.54) is 18.2 Å². The lowest BCUT2D eigenvalue weighted by Crippen LogP contribution is -2.26. The molecule has 0 radical (unpaired) electrons. The molecule has 166 valence electrons. The minimum absolute atomic E-state index is 0.0526. The van der Waals surface area contributed by atoms with Crippen molar-refractivity contribution in [1.29, 1.82) is 0 Å². The number of benzene rings is 3. The summed E-state index contributed by atoms with van der Waals surface area (Å²) in [6.45, 7) is 1.85. The Morgan fingerprint density at radius 3 is 2.03 bits per heavy atom. The third-order valence-corrected chi connectivity index (χ3v) is 4.50. The van der Waals surface area contributed by atoms with Crippen molar-refractivity contribution in [3.63, 3.8) is 0 Å². The Morgan fingerprint density at radius 2 is 1.50 bits per heavy atom. The lowest BCUT2D eigenvalue weighted by Gasteiger charge is -2.16. The molecule has 0 aliphatic rings. The average Bonchev–Trinajstić information content (AvgIpc) is 2.77. The van der Waals surface area contributed by atoms with Crippen LogP contribution < -0.4 is 4.74 Å². The third-order valence-electron chi connectivity index (χ3n) is 4.50. The van der Waals surface area contributed by atoms with Crippen molar-refractivity contribution in [1.82, 2.24) is 0 Å². The smallest absolute Gasteiger partial charge is 0.464 e. The topological polar surface area (TPSA) is 47.9 Å². The van der Waals surface area contributed by atoms with Crippen molar-refractivity contribution in [2.24, 2.45) is 4.99 Å². The molecule has 0 saturated carbocycles. The van der Waals surface area contributed by atoms with Gasteiger partial charge in [-0.1, -0.05) is 72.8 Å². The lowest BCUT2D eigenvalue weighted by molar-refractivity contribution is -0.274. The van der Waals surface area contributed by atoms with Crippen molar-refractivity contribution in [3.8, 4) is 5.75 Å². The van der Waals surface area contributed by atoms with Gasteiger partial charge < -0.3 is 9.47 Å². The predicted molar refractivity (Wildman–Crippen MR) is 116 cm³/mol. The summed E-state index contributed by atoms with van der Waals surface area (Å²) in [5, 5.41) is 0. The van der Waals surface area contributed by atoms with Gasteiger partial charge in [0.2, 0.25) is 0 Å². The van der Waals surface area contributed by atoms with E-state index < -0.39 is 18.4 Å². The summed E-state index contributed by atoms with van der Waals surface area (Å²) in [5.74, 6) is -0.910. The minimum atomic E-state index is -4.80. The number of hydrogen-bond acceptors (Lipinski definition) is 4. The number of carbonyl (C=O) groups is 1. The maximum atomic E-state index is 12.7. The zero-order valence-corrected chi connectivity index (χ0v) is 17.4. The molecule has 0 aliphatic carbocycles. The Bertz CT molecular complexity index is 1010. The van der Waals surface area contributed by atoms with E-state index in [0.29, 0.717) is 11.3 Å². The second-order valence-electron chi connectivity index (χ2n) is 6.88. The number of alkyl halides is 3. The van der Waals surface area contributed by atoms with Crippen LogP contribution in [0.2, 0.25) is 0 Å². The van der Waals surface area contributed by atoms with Crippen molar-refractivity contribution in [2.45, 2.75) is 25.7 Å². The van der Waals surface area contributed by atoms with Crippen molar-refractivity contribution < 1.29 is 27.4 Å². The Morgan fingerprint density at radius 1 is 0.906 bits per heavy atom. The van der Waals surface area contributed by atoms with E-state index in [4.69, 9.17) is 9.73 Å². The van der Waals surface area contributed by atoms with Gasteiger partial charge in [0.1, 0.15) is 5.75 Å². The van der Waals surface area contributed by atoms with E-state index >= 15 is 0 Å². The summed E-state index contributed by atoms with van der Waals surface area (Å²) in [5.41, 5.74) is 2.67. The molecule has 7 heteroatoms. The van der Waals surface area contributed by atoms with E-state index in [-0.39, 0.29) is 18.8 Å². The van der Waals surface area contributed by atoms with Gasteiger partial charge in [-0.3, -0.25) is 4.99 Å². The van der Waals surface area contributed by atoms with Crippen molar-refractivity contribution >= 4 is 11.7 Å². The van der Waals surface area contributed by atoms with Crippen LogP contribution in [0.15, 0.2) is 89.9 Å². The number of halogens is 3. The van der Waals surface area contributed by atoms with Gasteiger partial charge in [-0.2, -0.15) is 0 Å². The second kappa shape index (κ2) is 10.6. The van der Waals surface area contributed by atoms with Crippen LogP contribution in [0, 0.1) is 0 Å². The molecule has 1 atom stereocenters. The highest BCUT2D eigenvalue weighted by atomic mass is 19.4. The predicted octanol–water partition coefficient (Wildman–Crippen LogP) is 5.60. The Labute approximate surface area is 184 Å². The van der Waals surface area contributed by atoms with Gasteiger partial charge in [-0.05, 0) is 24.6 Å². The molecule has 3 aromatic rings. The summed E-state index contributed by atoms with van der Waals surface area (Å²) >= 11 is 0. The quantitative estimate of drug-likeness (QED) is 0.338. The van der Waals surface area contributed by atoms with Crippen LogP contribution in [0.25, 0.3) is 0 Å². The van der Waals surface area contributed by atoms with E-state index in [2.05, 4.69) is 4.74 Å². The van der Waals surface area contributed by atoms with Gasteiger partial charge in [0.05, 0.1) is 12.3 Å². The third kappa shape index (κ3) is 6.70. The fourth-order valence-corrected chi connectivity index (χ4v) is 3.18. The molecule has 4 nitrogen and oxygen atoms in total. The molecule has 0 heterocycles. The zero-order chi connectivity index (χ0) is 23.0. The first kappa shape index (κ1) is 23.1. The molecule has 0 amide bonds. The molecule has 0 N–H and O–H groups in total. The molecular formula is C25H22F3NO3. The Hall–Kier alpha value is -3.61. The van der Waals surface area contributed by atoms with Gasteiger partial charge >= 0.3 is 12.3 Å². The fraction of sp³-hybridized carbons (Fsp3) is 0.200. The van der Waals surface area contributed by atoms with E-state index in [0.717, 1.165) is 11.1 Å². The summed E-state index contributed by atoms with van der Waals surface area (Å²) < 4.78 is 47.0. The SMILES string of the molecule is CCOC(=O)[C@H](Cc1cccc(OC(F)(F)F)c1)N=C(c1ccccc1)c1ccccc1. The number of ether oxygens (including phenoxy) is 2. The molecule has 0 aliphatic heterocycles. The molecule has 0 bridgehead atoms. The normalized spacial score (nSPS) is 12.0. The lowest BCUT2D eigenvalue weighted by atomic mass is 10.0. The maximum absolute atomic E-state index is 12.7. The molecule has 3 aromatic carbocycles. The highest BCUT2D eigenvalue weighted by Crippen LogP contribution is 2.24. The van der Waals surface area contributed by atoms with Crippen LogP contribution >= 0.6 is 0 Å². The first-order chi connectivity index (χ1) is 15.4. The van der Waals surface area contributed by atoms with Crippen LogP contribution in [-0.2, 0) is 16.0 Å². The van der Waals surface area contributed by atoms with Crippen LogP contribution in [-0.4, -0.2) is 30.7 Å². The molecular weight excluding hydrogens is 419 g/mol. The van der Waals surface area contributed by atoms with Gasteiger partial charge in [0.15, 0.2) is 6.04 Å². The zero-order valence-electron chi connectivity index (χ0n) is 17.4. The maximum Gasteiger partial charge on any atom is 0.573 e. The highest BCUT2D eigenvalue weighted by Gasteiger charge is 2.31. The number of hydrogen-bond donors (Lipinski definition) is 0. The molecule has 0 unspecified atom stereocenters. The van der Waals surface area contributed by atoms with Gasteiger partial charge in [-0.25, -0.2) is 4.79 Å².